The monoisotopic (exact) mass is 239 g/mol. The Balaban J connectivity index is 3.23. The quantitative estimate of drug-likeness (QED) is 0.471. The number of carbonyl (C=O) groups excluding carboxylic acids is 1. The summed E-state index contributed by atoms with van der Waals surface area (Å²) >= 11 is 0. The summed E-state index contributed by atoms with van der Waals surface area (Å²) in [6.07, 6.45) is -0.106. The SMILES string of the molecule is CCCc1cccc(C(=O)ON)c1OC(=O)O. The molecule has 0 fully saturated rings. The van der Waals surface area contributed by atoms with Crippen molar-refractivity contribution in [2.24, 2.45) is 5.90 Å². The minimum absolute atomic E-state index is 0.000787. The van der Waals surface area contributed by atoms with Gasteiger partial charge in [0.15, 0.2) is 5.75 Å². The first kappa shape index (κ1) is 13.0. The molecule has 1 aromatic rings. The number of hydrogen-bond donors (Lipinski definition) is 2. The minimum Gasteiger partial charge on any atom is -0.449 e. The van der Waals surface area contributed by atoms with E-state index in [0.29, 0.717) is 12.0 Å². The van der Waals surface area contributed by atoms with Crippen LogP contribution in [0.1, 0.15) is 29.3 Å². The molecule has 17 heavy (non-hydrogen) atoms. The van der Waals surface area contributed by atoms with Gasteiger partial charge >= 0.3 is 12.1 Å². The van der Waals surface area contributed by atoms with Gasteiger partial charge in [-0.25, -0.2) is 9.59 Å². The molecule has 6 nitrogen and oxygen atoms in total. The molecule has 6 heteroatoms. The van der Waals surface area contributed by atoms with Crippen LogP contribution in [0, 0.1) is 0 Å². The number of para-hydroxylation sites is 1. The Kier molecular flexibility index (Phi) is 4.47. The highest BCUT2D eigenvalue weighted by Crippen LogP contribution is 2.26. The number of nitrogens with two attached hydrogens (primary N) is 1. The normalized spacial score (nSPS) is 9.76. The first-order valence-corrected chi connectivity index (χ1v) is 5.03. The fourth-order valence-corrected chi connectivity index (χ4v) is 1.48. The van der Waals surface area contributed by atoms with E-state index in [1.54, 1.807) is 12.1 Å². The Morgan fingerprint density at radius 1 is 1.41 bits per heavy atom. The predicted octanol–water partition coefficient (Wildman–Crippen LogP) is 1.73. The Morgan fingerprint density at radius 3 is 2.65 bits per heavy atom. The van der Waals surface area contributed by atoms with E-state index >= 15 is 0 Å². The van der Waals surface area contributed by atoms with E-state index in [1.165, 1.54) is 6.07 Å². The molecule has 0 heterocycles. The van der Waals surface area contributed by atoms with Crippen molar-refractivity contribution in [1.82, 2.24) is 0 Å². The van der Waals surface area contributed by atoms with E-state index in [1.807, 2.05) is 6.92 Å². The van der Waals surface area contributed by atoms with Crippen LogP contribution in [-0.2, 0) is 11.3 Å². The molecular weight excluding hydrogens is 226 g/mol. The standard InChI is InChI=1S/C11H13NO5/c1-2-4-7-5-3-6-8(10(13)17-12)9(7)16-11(14)15/h3,5-6H,2,4,12H2,1H3,(H,14,15). The van der Waals surface area contributed by atoms with Crippen LogP contribution in [0.4, 0.5) is 4.79 Å². The molecule has 0 radical (unpaired) electrons. The van der Waals surface area contributed by atoms with Crippen molar-refractivity contribution >= 4 is 12.1 Å². The van der Waals surface area contributed by atoms with E-state index in [0.717, 1.165) is 6.42 Å². The van der Waals surface area contributed by atoms with E-state index < -0.39 is 12.1 Å². The van der Waals surface area contributed by atoms with Gasteiger partial charge in [-0.05, 0) is 18.1 Å². The molecule has 92 valence electrons. The van der Waals surface area contributed by atoms with Gasteiger partial charge < -0.3 is 14.7 Å². The third-order valence-electron chi connectivity index (χ3n) is 2.13. The number of carbonyl (C=O) groups is 2. The average Bonchev–Trinajstić information content (AvgIpc) is 2.30. The second kappa shape index (κ2) is 5.86. The Labute approximate surface area is 97.9 Å². The molecule has 0 bridgehead atoms. The van der Waals surface area contributed by atoms with Gasteiger partial charge in [-0.1, -0.05) is 25.5 Å². The molecule has 3 N–H and O–H groups in total. The van der Waals surface area contributed by atoms with Crippen LogP contribution in [-0.4, -0.2) is 17.2 Å². The third kappa shape index (κ3) is 3.18. The zero-order valence-electron chi connectivity index (χ0n) is 9.30. The van der Waals surface area contributed by atoms with Crippen LogP contribution in [0.25, 0.3) is 0 Å². The largest absolute Gasteiger partial charge is 0.511 e. The number of rotatable bonds is 4. The highest BCUT2D eigenvalue weighted by atomic mass is 16.7. The lowest BCUT2D eigenvalue weighted by Crippen LogP contribution is -2.15. The van der Waals surface area contributed by atoms with Gasteiger partial charge in [0.05, 0.1) is 0 Å². The summed E-state index contributed by atoms with van der Waals surface area (Å²) in [6, 6.07) is 4.70. The van der Waals surface area contributed by atoms with Crippen molar-refractivity contribution in [3.8, 4) is 5.75 Å². The summed E-state index contributed by atoms with van der Waals surface area (Å²) in [7, 11) is 0. The molecule has 0 unspecified atom stereocenters. The van der Waals surface area contributed by atoms with Crippen molar-refractivity contribution in [2.75, 3.05) is 0 Å². The van der Waals surface area contributed by atoms with Crippen LogP contribution in [0.15, 0.2) is 18.2 Å². The molecular formula is C11H13NO5. The summed E-state index contributed by atoms with van der Waals surface area (Å²) in [5, 5.41) is 8.63. The smallest absolute Gasteiger partial charge is 0.449 e. The Bertz CT molecular complexity index is 430. The van der Waals surface area contributed by atoms with Crippen LogP contribution in [0.5, 0.6) is 5.75 Å². The maximum Gasteiger partial charge on any atom is 0.511 e. The second-order valence-corrected chi connectivity index (χ2v) is 3.32. The van der Waals surface area contributed by atoms with Gasteiger partial charge in [0.25, 0.3) is 0 Å². The van der Waals surface area contributed by atoms with Crippen LogP contribution in [0.2, 0.25) is 0 Å². The summed E-state index contributed by atoms with van der Waals surface area (Å²) in [6.45, 7) is 1.93. The summed E-state index contributed by atoms with van der Waals surface area (Å²) in [5.74, 6) is 3.92. The average molecular weight is 239 g/mol. The molecule has 1 aromatic carbocycles. The molecule has 0 atom stereocenters. The maximum atomic E-state index is 11.4. The van der Waals surface area contributed by atoms with E-state index in [9.17, 15) is 9.59 Å². The maximum absolute atomic E-state index is 11.4. The van der Waals surface area contributed by atoms with Crippen molar-refractivity contribution in [3.05, 3.63) is 29.3 Å². The van der Waals surface area contributed by atoms with Crippen molar-refractivity contribution in [2.45, 2.75) is 19.8 Å². The Morgan fingerprint density at radius 2 is 2.12 bits per heavy atom. The summed E-state index contributed by atoms with van der Waals surface area (Å²) in [5.41, 5.74) is 0.624. The second-order valence-electron chi connectivity index (χ2n) is 3.32. The van der Waals surface area contributed by atoms with Crippen molar-refractivity contribution in [1.29, 1.82) is 0 Å². The van der Waals surface area contributed by atoms with Gasteiger partial charge in [0.1, 0.15) is 5.56 Å². The van der Waals surface area contributed by atoms with Crippen LogP contribution >= 0.6 is 0 Å². The number of ether oxygens (including phenoxy) is 1. The summed E-state index contributed by atoms with van der Waals surface area (Å²) in [4.78, 5) is 26.0. The number of aryl methyl sites for hydroxylation is 1. The molecule has 1 rings (SSSR count). The molecule has 0 amide bonds. The Hall–Kier alpha value is -2.08. The van der Waals surface area contributed by atoms with E-state index in [-0.39, 0.29) is 11.3 Å². The van der Waals surface area contributed by atoms with Crippen molar-refractivity contribution in [3.63, 3.8) is 0 Å². The zero-order valence-corrected chi connectivity index (χ0v) is 9.30. The number of carboxylic acid groups (broad SMARTS) is 1. The lowest BCUT2D eigenvalue weighted by Gasteiger charge is -2.10. The fourth-order valence-electron chi connectivity index (χ4n) is 1.48. The first-order chi connectivity index (χ1) is 8.10. The van der Waals surface area contributed by atoms with Gasteiger partial charge in [-0.3, -0.25) is 0 Å². The highest BCUT2D eigenvalue weighted by molar-refractivity contribution is 5.93. The van der Waals surface area contributed by atoms with Gasteiger partial charge in [0.2, 0.25) is 0 Å². The lowest BCUT2D eigenvalue weighted by molar-refractivity contribution is 0.0499. The first-order valence-electron chi connectivity index (χ1n) is 5.03. The minimum atomic E-state index is -1.49. The molecule has 0 spiro atoms. The zero-order chi connectivity index (χ0) is 12.8. The summed E-state index contributed by atoms with van der Waals surface area (Å²) < 4.78 is 4.61. The molecule has 0 aromatic heterocycles. The van der Waals surface area contributed by atoms with Crippen LogP contribution in [0.3, 0.4) is 0 Å². The lowest BCUT2D eigenvalue weighted by atomic mass is 10.0. The molecule has 0 aliphatic carbocycles. The molecule has 0 aliphatic heterocycles. The number of benzene rings is 1. The van der Waals surface area contributed by atoms with E-state index in [2.05, 4.69) is 9.57 Å². The third-order valence-corrected chi connectivity index (χ3v) is 2.13. The van der Waals surface area contributed by atoms with Gasteiger partial charge in [0, 0.05) is 0 Å². The van der Waals surface area contributed by atoms with E-state index in [4.69, 9.17) is 11.0 Å². The molecule has 0 aliphatic rings. The van der Waals surface area contributed by atoms with Gasteiger partial charge in [-0.15, -0.1) is 0 Å². The predicted molar refractivity (Wildman–Crippen MR) is 58.7 cm³/mol. The fraction of sp³-hybridized carbons (Fsp3) is 0.273. The number of hydrogen-bond acceptors (Lipinski definition) is 5. The molecule has 0 saturated heterocycles. The topological polar surface area (TPSA) is 98.9 Å². The highest BCUT2D eigenvalue weighted by Gasteiger charge is 2.19. The van der Waals surface area contributed by atoms with Crippen molar-refractivity contribution < 1.29 is 24.3 Å². The van der Waals surface area contributed by atoms with Crippen LogP contribution < -0.4 is 10.6 Å². The molecule has 0 saturated carbocycles. The van der Waals surface area contributed by atoms with Gasteiger partial charge in [-0.2, -0.15) is 5.90 Å².